The van der Waals surface area contributed by atoms with E-state index in [0.29, 0.717) is 53.9 Å². The molecule has 5 rings (SSSR count). The number of ether oxygens (including phenoxy) is 1. The average molecular weight is 559 g/mol. The summed E-state index contributed by atoms with van der Waals surface area (Å²) in [6.45, 7) is 4.77. The molecule has 0 saturated carbocycles. The summed E-state index contributed by atoms with van der Waals surface area (Å²) in [5.74, 6) is 1.46. The van der Waals surface area contributed by atoms with E-state index in [1.807, 2.05) is 49.5 Å². The Morgan fingerprint density at radius 3 is 2.58 bits per heavy atom. The number of nitrogen functional groups attached to an aromatic ring is 1. The number of fused-ring (bicyclic) bond motifs is 1. The van der Waals surface area contributed by atoms with E-state index in [0.717, 1.165) is 12.8 Å². The van der Waals surface area contributed by atoms with Gasteiger partial charge < -0.3 is 20.2 Å². The lowest BCUT2D eigenvalue weighted by Gasteiger charge is -2.32. The van der Waals surface area contributed by atoms with Crippen LogP contribution in [0.4, 0.5) is 5.82 Å². The quantitative estimate of drug-likeness (QED) is 0.244. The zero-order valence-electron chi connectivity index (χ0n) is 22.7. The largest absolute Gasteiger partial charge is 0.457 e. The first-order valence-corrected chi connectivity index (χ1v) is 16.6. The zero-order valence-corrected chi connectivity index (χ0v) is 23.7. The molecule has 1 amide bonds. The van der Waals surface area contributed by atoms with E-state index in [-0.39, 0.29) is 23.5 Å². The summed E-state index contributed by atoms with van der Waals surface area (Å²) in [5, 5.41) is 0. The normalized spacial score (nSPS) is 16.1. The summed E-state index contributed by atoms with van der Waals surface area (Å²) in [5.41, 5.74) is 7.47. The number of piperidine rings is 1. The number of aromatic nitrogens is 4. The van der Waals surface area contributed by atoms with Crippen molar-refractivity contribution in [3.8, 4) is 17.2 Å². The van der Waals surface area contributed by atoms with Gasteiger partial charge in [0.25, 0.3) is 0 Å². The number of nitrogens with two attached hydrogens (primary N) is 1. The molecule has 4 aromatic rings. The number of hydrogen-bond acceptors (Lipinski definition) is 7. The minimum atomic E-state index is -2.15. The molecule has 3 heterocycles. The van der Waals surface area contributed by atoms with Crippen LogP contribution in [0.5, 0.6) is 11.5 Å². The molecule has 0 unspecified atom stereocenters. The highest BCUT2D eigenvalue weighted by Gasteiger charge is 2.29. The smallest absolute Gasteiger partial charge is 0.335 e. The first-order chi connectivity index (χ1) is 19.2. The van der Waals surface area contributed by atoms with Gasteiger partial charge in [0, 0.05) is 13.1 Å². The van der Waals surface area contributed by atoms with Crippen molar-refractivity contribution in [3.63, 3.8) is 0 Å². The third kappa shape index (κ3) is 6.00. The Kier molecular flexibility index (Phi) is 7.85. The SMILES string of the molecule is C[Si](C)(O)CC/C=C/C(=O)N1CCC[C@H](n2c(=O)n(-c3ccc(Oc4ccccc4)cc3)c3c(N)ncnc32)C1. The van der Waals surface area contributed by atoms with Crippen LogP contribution in [0.15, 0.2) is 77.9 Å². The molecule has 1 aliphatic heterocycles. The lowest BCUT2D eigenvalue weighted by atomic mass is 10.1. The Balaban J connectivity index is 1.42. The van der Waals surface area contributed by atoms with E-state index < -0.39 is 8.32 Å². The highest BCUT2D eigenvalue weighted by molar-refractivity contribution is 6.69. The van der Waals surface area contributed by atoms with Crippen LogP contribution in [-0.2, 0) is 4.79 Å². The minimum Gasteiger partial charge on any atom is -0.457 e. The van der Waals surface area contributed by atoms with Gasteiger partial charge in [-0.25, -0.2) is 14.8 Å². The fourth-order valence-corrected chi connectivity index (χ4v) is 5.89. The minimum absolute atomic E-state index is 0.0953. The molecule has 3 N–H and O–H groups in total. The fraction of sp³-hybridized carbons (Fsp3) is 0.310. The van der Waals surface area contributed by atoms with Crippen molar-refractivity contribution in [2.45, 2.75) is 44.4 Å². The molecule has 1 atom stereocenters. The lowest BCUT2D eigenvalue weighted by molar-refractivity contribution is -0.127. The molecule has 1 fully saturated rings. The number of likely N-dealkylation sites (tertiary alicyclic amines) is 1. The molecule has 0 aliphatic carbocycles. The predicted molar refractivity (Wildman–Crippen MR) is 157 cm³/mol. The molecule has 1 saturated heterocycles. The zero-order chi connectivity index (χ0) is 28.3. The highest BCUT2D eigenvalue weighted by Crippen LogP contribution is 2.28. The van der Waals surface area contributed by atoms with Crippen molar-refractivity contribution >= 4 is 31.2 Å². The highest BCUT2D eigenvalue weighted by atomic mass is 28.4. The number of rotatable bonds is 8. The Bertz CT molecular complexity index is 1570. The number of hydrogen-bond donors (Lipinski definition) is 2. The van der Waals surface area contributed by atoms with Gasteiger partial charge in [-0.2, -0.15) is 0 Å². The number of amides is 1. The van der Waals surface area contributed by atoms with Crippen molar-refractivity contribution in [1.29, 1.82) is 0 Å². The Hall–Kier alpha value is -4.22. The van der Waals surface area contributed by atoms with E-state index in [4.69, 9.17) is 10.5 Å². The van der Waals surface area contributed by atoms with Gasteiger partial charge in [0.15, 0.2) is 19.8 Å². The molecule has 1 aliphatic rings. The Labute approximate surface area is 233 Å². The molecule has 0 bridgehead atoms. The maximum atomic E-state index is 13.9. The third-order valence-corrected chi connectivity index (χ3v) is 8.52. The Morgan fingerprint density at radius 2 is 1.85 bits per heavy atom. The monoisotopic (exact) mass is 558 g/mol. The predicted octanol–water partition coefficient (Wildman–Crippen LogP) is 4.26. The summed E-state index contributed by atoms with van der Waals surface area (Å²) in [6, 6.07) is 17.1. The molecule has 208 valence electrons. The van der Waals surface area contributed by atoms with Gasteiger partial charge in [-0.15, -0.1) is 0 Å². The summed E-state index contributed by atoms with van der Waals surface area (Å²) in [4.78, 5) is 47.2. The van der Waals surface area contributed by atoms with Crippen molar-refractivity contribution in [3.05, 3.63) is 83.6 Å². The maximum absolute atomic E-state index is 13.9. The van der Waals surface area contributed by atoms with Gasteiger partial charge in [-0.1, -0.05) is 24.3 Å². The number of carbonyl (C=O) groups excluding carboxylic acids is 1. The van der Waals surface area contributed by atoms with Crippen molar-refractivity contribution in [2.24, 2.45) is 0 Å². The summed E-state index contributed by atoms with van der Waals surface area (Å²) >= 11 is 0. The molecule has 0 radical (unpaired) electrons. The van der Waals surface area contributed by atoms with E-state index in [1.54, 1.807) is 39.8 Å². The van der Waals surface area contributed by atoms with Gasteiger partial charge in [0.05, 0.1) is 11.7 Å². The second-order valence-corrected chi connectivity index (χ2v) is 14.8. The molecule has 0 spiro atoms. The van der Waals surface area contributed by atoms with Crippen LogP contribution < -0.4 is 16.2 Å². The topological polar surface area (TPSA) is 128 Å². The molecular weight excluding hydrogens is 524 g/mol. The third-order valence-electron chi connectivity index (χ3n) is 7.01. The van der Waals surface area contributed by atoms with E-state index in [2.05, 4.69) is 9.97 Å². The van der Waals surface area contributed by atoms with Gasteiger partial charge in [-0.05, 0) is 80.9 Å². The number of nitrogens with zero attached hydrogens (tertiary/aromatic N) is 5. The van der Waals surface area contributed by atoms with E-state index in [9.17, 15) is 14.4 Å². The fourth-order valence-electron chi connectivity index (χ4n) is 5.02. The number of para-hydroxylation sites is 1. The molecule has 10 nitrogen and oxygen atoms in total. The summed E-state index contributed by atoms with van der Waals surface area (Å²) < 4.78 is 9.07. The molecule has 2 aromatic carbocycles. The van der Waals surface area contributed by atoms with Crippen molar-refractivity contribution in [2.75, 3.05) is 18.8 Å². The summed E-state index contributed by atoms with van der Waals surface area (Å²) in [7, 11) is -2.15. The number of carbonyl (C=O) groups is 1. The molecular formula is C29H34N6O4Si. The first kappa shape index (κ1) is 27.3. The standard InChI is InChI=1S/C29H34N6O4Si/c1-40(2,38)18-7-6-12-25(36)33-17-8-9-22(19-33)35-28-26(27(30)31-20-32-28)34(29(35)37)21-13-15-24(16-14-21)39-23-10-4-3-5-11-23/h3-6,10-16,20,22,38H,7-9,17-19H2,1-2H3,(H2,30,31,32)/b12-6+/t22-/m0/s1. The molecule has 11 heteroatoms. The van der Waals surface area contributed by atoms with Crippen LogP contribution >= 0.6 is 0 Å². The Morgan fingerprint density at radius 1 is 1.12 bits per heavy atom. The summed E-state index contributed by atoms with van der Waals surface area (Å²) in [6.07, 6.45) is 6.91. The second-order valence-electron chi connectivity index (χ2n) is 10.7. The van der Waals surface area contributed by atoms with Crippen LogP contribution in [0.1, 0.15) is 25.3 Å². The number of imidazole rings is 1. The van der Waals surface area contributed by atoms with Gasteiger partial charge >= 0.3 is 5.69 Å². The first-order valence-electron chi connectivity index (χ1n) is 13.5. The number of allylic oxidation sites excluding steroid dienone is 1. The van der Waals surface area contributed by atoms with E-state index in [1.165, 1.54) is 10.9 Å². The second kappa shape index (κ2) is 11.5. The van der Waals surface area contributed by atoms with Crippen LogP contribution in [0, 0.1) is 0 Å². The van der Waals surface area contributed by atoms with Crippen LogP contribution in [0.2, 0.25) is 19.1 Å². The van der Waals surface area contributed by atoms with Crippen molar-refractivity contribution < 1.29 is 14.3 Å². The van der Waals surface area contributed by atoms with Crippen molar-refractivity contribution in [1.82, 2.24) is 24.0 Å². The van der Waals surface area contributed by atoms with Gasteiger partial charge in [-0.3, -0.25) is 13.9 Å². The van der Waals surface area contributed by atoms with Gasteiger partial charge in [0.1, 0.15) is 23.3 Å². The maximum Gasteiger partial charge on any atom is 0.335 e. The van der Waals surface area contributed by atoms with Crippen LogP contribution in [0.3, 0.4) is 0 Å². The number of benzene rings is 2. The van der Waals surface area contributed by atoms with E-state index >= 15 is 0 Å². The molecule has 40 heavy (non-hydrogen) atoms. The lowest BCUT2D eigenvalue weighted by Crippen LogP contribution is -2.42. The molecule has 2 aromatic heterocycles. The van der Waals surface area contributed by atoms with Gasteiger partial charge in [0.2, 0.25) is 5.91 Å². The van der Waals surface area contributed by atoms with Crippen LogP contribution in [-0.4, -0.2) is 56.1 Å². The van der Waals surface area contributed by atoms with Crippen LogP contribution in [0.25, 0.3) is 16.9 Å². The average Bonchev–Trinajstić information content (AvgIpc) is 3.24. The number of anilines is 1.